The van der Waals surface area contributed by atoms with Gasteiger partial charge in [-0.1, -0.05) is 0 Å². The molecule has 0 amide bonds. The number of anilines is 1. The Morgan fingerprint density at radius 2 is 2.24 bits per heavy atom. The maximum Gasteiger partial charge on any atom is 0.174 e. The average Bonchev–Trinajstić information content (AvgIpc) is 2.40. The molecule has 1 aliphatic rings. The molecule has 0 saturated carbocycles. The van der Waals surface area contributed by atoms with Crippen LogP contribution in [0.5, 0.6) is 0 Å². The fraction of sp³-hybridized carbons (Fsp3) is 0.462. The summed E-state index contributed by atoms with van der Waals surface area (Å²) in [5.41, 5.74) is 1.80. The number of hydrogen-bond donors (Lipinski definition) is 0. The second-order valence-electron chi connectivity index (χ2n) is 3.91. The molecule has 17 heavy (non-hydrogen) atoms. The Bertz CT molecular complexity index is 361. The van der Waals surface area contributed by atoms with E-state index in [0.29, 0.717) is 18.8 Å². The van der Waals surface area contributed by atoms with Crippen molar-refractivity contribution in [2.24, 2.45) is 0 Å². The minimum Gasteiger partial charge on any atom is -0.364 e. The van der Waals surface area contributed by atoms with E-state index in [9.17, 15) is 4.79 Å². The lowest BCUT2D eigenvalue weighted by atomic mass is 10.2. The molecule has 1 aromatic rings. The van der Waals surface area contributed by atoms with Crippen molar-refractivity contribution in [1.82, 2.24) is 0 Å². The van der Waals surface area contributed by atoms with Crippen LogP contribution in [0.15, 0.2) is 24.3 Å². The van der Waals surface area contributed by atoms with Crippen molar-refractivity contribution >= 4 is 12.0 Å². The van der Waals surface area contributed by atoms with Gasteiger partial charge in [0.1, 0.15) is 6.29 Å². The van der Waals surface area contributed by atoms with Gasteiger partial charge in [0.2, 0.25) is 0 Å². The van der Waals surface area contributed by atoms with Crippen molar-refractivity contribution in [1.29, 1.82) is 0 Å². The minimum atomic E-state index is -0.153. The van der Waals surface area contributed by atoms with Gasteiger partial charge in [-0.05, 0) is 31.2 Å². The summed E-state index contributed by atoms with van der Waals surface area (Å²) in [7, 11) is 0. The Morgan fingerprint density at radius 1 is 1.47 bits per heavy atom. The van der Waals surface area contributed by atoms with Gasteiger partial charge in [-0.2, -0.15) is 0 Å². The highest BCUT2D eigenvalue weighted by atomic mass is 16.7. The second-order valence-corrected chi connectivity index (χ2v) is 3.91. The van der Waals surface area contributed by atoms with Gasteiger partial charge >= 0.3 is 0 Å². The third kappa shape index (κ3) is 3.05. The summed E-state index contributed by atoms with van der Waals surface area (Å²) in [6, 6.07) is 7.57. The van der Waals surface area contributed by atoms with Crippen LogP contribution >= 0.6 is 0 Å². The molecular formula is C13H17NO3. The van der Waals surface area contributed by atoms with Crippen molar-refractivity contribution in [3.63, 3.8) is 0 Å². The molecule has 92 valence electrons. The van der Waals surface area contributed by atoms with Gasteiger partial charge in [0.25, 0.3) is 0 Å². The molecule has 1 fully saturated rings. The molecule has 1 aromatic carbocycles. The fourth-order valence-electron chi connectivity index (χ4n) is 1.90. The Balaban J connectivity index is 2.02. The predicted molar refractivity (Wildman–Crippen MR) is 65.4 cm³/mol. The summed E-state index contributed by atoms with van der Waals surface area (Å²) in [5, 5.41) is 0. The first-order chi connectivity index (χ1) is 8.33. The highest BCUT2D eigenvalue weighted by Gasteiger charge is 2.20. The zero-order valence-corrected chi connectivity index (χ0v) is 9.96. The lowest BCUT2D eigenvalue weighted by Gasteiger charge is -2.34. The predicted octanol–water partition coefficient (Wildman–Crippen LogP) is 1.70. The van der Waals surface area contributed by atoms with Crippen LogP contribution in [-0.4, -0.2) is 38.9 Å². The molecule has 0 aliphatic carbocycles. The Morgan fingerprint density at radius 3 is 2.88 bits per heavy atom. The van der Waals surface area contributed by atoms with Crippen LogP contribution in [0.3, 0.4) is 0 Å². The molecule has 1 aliphatic heterocycles. The summed E-state index contributed by atoms with van der Waals surface area (Å²) < 4.78 is 11.0. The number of rotatable bonds is 4. The third-order valence-electron chi connectivity index (χ3n) is 2.78. The second kappa shape index (κ2) is 5.80. The van der Waals surface area contributed by atoms with Crippen molar-refractivity contribution in [3.8, 4) is 0 Å². The first-order valence-corrected chi connectivity index (χ1v) is 5.87. The molecule has 0 unspecified atom stereocenters. The zero-order chi connectivity index (χ0) is 12.1. The number of carbonyl (C=O) groups excluding carboxylic acids is 1. The first-order valence-electron chi connectivity index (χ1n) is 5.87. The quantitative estimate of drug-likeness (QED) is 0.745. The number of nitrogens with zero attached hydrogens (tertiary/aromatic N) is 1. The summed E-state index contributed by atoms with van der Waals surface area (Å²) in [5.74, 6) is 0. The van der Waals surface area contributed by atoms with Crippen LogP contribution in [0.2, 0.25) is 0 Å². The maximum atomic E-state index is 10.6. The van der Waals surface area contributed by atoms with Gasteiger partial charge in [-0.25, -0.2) is 0 Å². The average molecular weight is 235 g/mol. The molecule has 1 atom stereocenters. The first kappa shape index (κ1) is 12.1. The molecule has 2 rings (SSSR count). The molecular weight excluding hydrogens is 218 g/mol. The van der Waals surface area contributed by atoms with E-state index in [2.05, 4.69) is 4.90 Å². The molecule has 4 heteroatoms. The van der Waals surface area contributed by atoms with Crippen LogP contribution in [0.1, 0.15) is 17.3 Å². The number of morpholine rings is 1. The Kier molecular flexibility index (Phi) is 4.12. The van der Waals surface area contributed by atoms with E-state index in [1.165, 1.54) is 0 Å². The van der Waals surface area contributed by atoms with E-state index in [0.717, 1.165) is 25.1 Å². The number of ether oxygens (including phenoxy) is 2. The van der Waals surface area contributed by atoms with E-state index in [1.807, 2.05) is 31.2 Å². The topological polar surface area (TPSA) is 38.8 Å². The standard InChI is InChI=1S/C13H17NO3/c1-2-16-13-9-14(7-8-17-13)12-5-3-11(10-15)4-6-12/h3-6,10,13H,2,7-9H2,1H3/t13-/m0/s1. The van der Waals surface area contributed by atoms with E-state index in [-0.39, 0.29) is 6.29 Å². The van der Waals surface area contributed by atoms with E-state index in [4.69, 9.17) is 9.47 Å². The number of carbonyl (C=O) groups is 1. The highest BCUT2D eigenvalue weighted by molar-refractivity contribution is 5.75. The van der Waals surface area contributed by atoms with Gasteiger partial charge < -0.3 is 14.4 Å². The maximum absolute atomic E-state index is 10.6. The van der Waals surface area contributed by atoms with Crippen LogP contribution in [-0.2, 0) is 9.47 Å². The van der Waals surface area contributed by atoms with E-state index < -0.39 is 0 Å². The van der Waals surface area contributed by atoms with Gasteiger partial charge in [0.05, 0.1) is 13.2 Å². The van der Waals surface area contributed by atoms with Gasteiger partial charge in [0.15, 0.2) is 6.29 Å². The summed E-state index contributed by atoms with van der Waals surface area (Å²) >= 11 is 0. The summed E-state index contributed by atoms with van der Waals surface area (Å²) in [6.45, 7) is 4.86. The van der Waals surface area contributed by atoms with Crippen molar-refractivity contribution < 1.29 is 14.3 Å². The lowest BCUT2D eigenvalue weighted by molar-refractivity contribution is -0.143. The number of benzene rings is 1. The molecule has 1 heterocycles. The van der Waals surface area contributed by atoms with Gasteiger partial charge in [-0.3, -0.25) is 4.79 Å². The van der Waals surface area contributed by atoms with Crippen LogP contribution < -0.4 is 4.90 Å². The van der Waals surface area contributed by atoms with Crippen molar-refractivity contribution in [2.75, 3.05) is 31.2 Å². The number of hydrogen-bond acceptors (Lipinski definition) is 4. The van der Waals surface area contributed by atoms with E-state index >= 15 is 0 Å². The lowest BCUT2D eigenvalue weighted by Crippen LogP contribution is -2.43. The van der Waals surface area contributed by atoms with E-state index in [1.54, 1.807) is 0 Å². The molecule has 1 saturated heterocycles. The molecule has 0 radical (unpaired) electrons. The normalized spacial score (nSPS) is 20.3. The summed E-state index contributed by atoms with van der Waals surface area (Å²) in [6.07, 6.45) is 0.700. The molecule has 4 nitrogen and oxygen atoms in total. The van der Waals surface area contributed by atoms with Crippen molar-refractivity contribution in [3.05, 3.63) is 29.8 Å². The monoisotopic (exact) mass is 235 g/mol. The largest absolute Gasteiger partial charge is 0.364 e. The zero-order valence-electron chi connectivity index (χ0n) is 9.96. The third-order valence-corrected chi connectivity index (χ3v) is 2.78. The molecule has 0 N–H and O–H groups in total. The highest BCUT2D eigenvalue weighted by Crippen LogP contribution is 2.18. The summed E-state index contributed by atoms with van der Waals surface area (Å²) in [4.78, 5) is 12.8. The van der Waals surface area contributed by atoms with Gasteiger partial charge in [-0.15, -0.1) is 0 Å². The van der Waals surface area contributed by atoms with Crippen molar-refractivity contribution in [2.45, 2.75) is 13.2 Å². The van der Waals surface area contributed by atoms with Crippen LogP contribution in [0.4, 0.5) is 5.69 Å². The number of aldehydes is 1. The minimum absolute atomic E-state index is 0.153. The SMILES string of the molecule is CCO[C@@H]1CN(c2ccc(C=O)cc2)CCO1. The van der Waals surface area contributed by atoms with Gasteiger partial charge in [0, 0.05) is 24.4 Å². The molecule has 0 spiro atoms. The van der Waals surface area contributed by atoms with Crippen LogP contribution in [0, 0.1) is 0 Å². The van der Waals surface area contributed by atoms with Crippen LogP contribution in [0.25, 0.3) is 0 Å². The fourth-order valence-corrected chi connectivity index (χ4v) is 1.90. The Labute approximate surface area is 101 Å². The Hall–Kier alpha value is -1.39. The smallest absolute Gasteiger partial charge is 0.174 e. The molecule has 0 bridgehead atoms. The molecule has 0 aromatic heterocycles.